The first-order valence-corrected chi connectivity index (χ1v) is 8.92. The first kappa shape index (κ1) is 16.9. The first-order chi connectivity index (χ1) is 11.0. The van der Waals surface area contributed by atoms with Crippen molar-refractivity contribution in [3.63, 3.8) is 0 Å². The summed E-state index contributed by atoms with van der Waals surface area (Å²) >= 11 is 12.1. The molecule has 1 aromatic carbocycles. The molecule has 6 heteroatoms. The fourth-order valence-electron chi connectivity index (χ4n) is 4.01. The van der Waals surface area contributed by atoms with E-state index in [1.165, 1.54) is 6.42 Å². The van der Waals surface area contributed by atoms with Crippen LogP contribution in [0.2, 0.25) is 10.0 Å². The fraction of sp³-hybridized carbons (Fsp3) is 0.588. The van der Waals surface area contributed by atoms with E-state index in [-0.39, 0.29) is 24.6 Å². The van der Waals surface area contributed by atoms with Gasteiger partial charge in [0.05, 0.1) is 10.0 Å². The molecule has 0 aliphatic heterocycles. The Bertz CT molecular complexity index is 547. The average Bonchev–Trinajstić information content (AvgIpc) is 2.47. The standard InChI is InChI=1S/C17H22Cl2N2O2/c18-13-5-2-6-14(19)17(13)23-9-15(22)21-16-10-3-1-4-11(16)8-12(20)7-10/h2,5-6,10-12,16H,1,3-4,7-9,20H2,(H,21,22). The molecule has 2 fully saturated rings. The van der Waals surface area contributed by atoms with Gasteiger partial charge in [-0.1, -0.05) is 35.7 Å². The number of ether oxygens (including phenoxy) is 1. The highest BCUT2D eigenvalue weighted by Crippen LogP contribution is 2.39. The van der Waals surface area contributed by atoms with E-state index in [2.05, 4.69) is 5.32 Å². The van der Waals surface area contributed by atoms with Gasteiger partial charge in [0, 0.05) is 12.1 Å². The Kier molecular flexibility index (Phi) is 5.34. The number of nitrogens with one attached hydrogen (secondary N) is 1. The monoisotopic (exact) mass is 356 g/mol. The van der Waals surface area contributed by atoms with E-state index in [0.29, 0.717) is 27.6 Å². The van der Waals surface area contributed by atoms with Crippen molar-refractivity contribution in [3.8, 4) is 5.75 Å². The third-order valence-corrected chi connectivity index (χ3v) is 5.57. The van der Waals surface area contributed by atoms with Gasteiger partial charge in [-0.15, -0.1) is 0 Å². The summed E-state index contributed by atoms with van der Waals surface area (Å²) < 4.78 is 5.51. The zero-order chi connectivity index (χ0) is 16.4. The van der Waals surface area contributed by atoms with Gasteiger partial charge in [0.15, 0.2) is 12.4 Å². The summed E-state index contributed by atoms with van der Waals surface area (Å²) in [5.41, 5.74) is 6.12. The summed E-state index contributed by atoms with van der Waals surface area (Å²) in [6.45, 7) is -0.0779. The van der Waals surface area contributed by atoms with Crippen molar-refractivity contribution in [2.24, 2.45) is 17.6 Å². The Labute approximate surface area is 146 Å². The van der Waals surface area contributed by atoms with Crippen LogP contribution in [-0.4, -0.2) is 24.6 Å². The van der Waals surface area contributed by atoms with Gasteiger partial charge >= 0.3 is 0 Å². The minimum absolute atomic E-state index is 0.0779. The summed E-state index contributed by atoms with van der Waals surface area (Å²) in [7, 11) is 0. The van der Waals surface area contributed by atoms with Crippen molar-refractivity contribution in [1.29, 1.82) is 0 Å². The number of nitrogens with two attached hydrogens (primary N) is 1. The van der Waals surface area contributed by atoms with Crippen LogP contribution in [0.1, 0.15) is 32.1 Å². The van der Waals surface area contributed by atoms with Crippen LogP contribution < -0.4 is 15.8 Å². The lowest BCUT2D eigenvalue weighted by Gasteiger charge is -2.45. The number of hydrogen-bond donors (Lipinski definition) is 2. The van der Waals surface area contributed by atoms with Crippen LogP contribution >= 0.6 is 23.2 Å². The van der Waals surface area contributed by atoms with Gasteiger partial charge in [0.25, 0.3) is 5.91 Å². The third-order valence-electron chi connectivity index (χ3n) is 4.97. The summed E-state index contributed by atoms with van der Waals surface area (Å²) in [6, 6.07) is 5.61. The van der Waals surface area contributed by atoms with Gasteiger partial charge < -0.3 is 15.8 Å². The molecule has 2 atom stereocenters. The molecule has 1 aromatic rings. The van der Waals surface area contributed by atoms with Crippen LogP contribution in [0.4, 0.5) is 0 Å². The van der Waals surface area contributed by atoms with Crippen LogP contribution in [0.25, 0.3) is 0 Å². The molecule has 2 unspecified atom stereocenters. The summed E-state index contributed by atoms with van der Waals surface area (Å²) in [5.74, 6) is 1.21. The zero-order valence-corrected chi connectivity index (χ0v) is 14.4. The van der Waals surface area contributed by atoms with Crippen LogP contribution in [-0.2, 0) is 4.79 Å². The van der Waals surface area contributed by atoms with E-state index >= 15 is 0 Å². The van der Waals surface area contributed by atoms with E-state index < -0.39 is 0 Å². The SMILES string of the molecule is NC1CC2CCCC(C1)C2NC(=O)COc1c(Cl)cccc1Cl. The maximum absolute atomic E-state index is 12.3. The summed E-state index contributed by atoms with van der Waals surface area (Å²) in [5, 5.41) is 3.96. The lowest BCUT2D eigenvalue weighted by atomic mass is 9.67. The molecule has 0 saturated heterocycles. The second-order valence-electron chi connectivity index (χ2n) is 6.62. The van der Waals surface area contributed by atoms with E-state index in [1.807, 2.05) is 0 Å². The molecule has 2 aliphatic rings. The quantitative estimate of drug-likeness (QED) is 0.868. The molecule has 0 spiro atoms. The molecule has 3 N–H and O–H groups in total. The Morgan fingerprint density at radius 1 is 1.22 bits per heavy atom. The number of benzene rings is 1. The van der Waals surface area contributed by atoms with Crippen LogP contribution in [0.15, 0.2) is 18.2 Å². The van der Waals surface area contributed by atoms with Crippen molar-refractivity contribution >= 4 is 29.1 Å². The Morgan fingerprint density at radius 3 is 2.43 bits per heavy atom. The van der Waals surface area contributed by atoms with Gasteiger partial charge in [-0.2, -0.15) is 0 Å². The maximum Gasteiger partial charge on any atom is 0.258 e. The predicted octanol–water partition coefficient (Wildman–Crippen LogP) is 3.39. The predicted molar refractivity (Wildman–Crippen MR) is 91.9 cm³/mol. The van der Waals surface area contributed by atoms with E-state index in [1.54, 1.807) is 18.2 Å². The molecule has 2 bridgehead atoms. The zero-order valence-electron chi connectivity index (χ0n) is 12.9. The molecule has 126 valence electrons. The molecule has 4 nitrogen and oxygen atoms in total. The molecule has 0 aromatic heterocycles. The molecular weight excluding hydrogens is 335 g/mol. The molecular formula is C17H22Cl2N2O2. The molecule has 1 amide bonds. The van der Waals surface area contributed by atoms with Crippen molar-refractivity contribution in [3.05, 3.63) is 28.2 Å². The first-order valence-electron chi connectivity index (χ1n) is 8.16. The summed E-state index contributed by atoms with van der Waals surface area (Å²) in [6.07, 6.45) is 5.52. The van der Waals surface area contributed by atoms with Gasteiger partial charge in [-0.05, 0) is 49.7 Å². The number of fused-ring (bicyclic) bond motifs is 2. The highest BCUT2D eigenvalue weighted by atomic mass is 35.5. The maximum atomic E-state index is 12.3. The topological polar surface area (TPSA) is 64.3 Å². The van der Waals surface area contributed by atoms with Gasteiger partial charge in [-0.3, -0.25) is 4.79 Å². The van der Waals surface area contributed by atoms with Crippen LogP contribution in [0.5, 0.6) is 5.75 Å². The molecule has 3 rings (SSSR count). The molecule has 2 saturated carbocycles. The van der Waals surface area contributed by atoms with E-state index in [0.717, 1.165) is 25.7 Å². The average molecular weight is 357 g/mol. The number of carbonyl (C=O) groups is 1. The number of para-hydroxylation sites is 1. The normalized spacial score (nSPS) is 29.9. The van der Waals surface area contributed by atoms with Crippen molar-refractivity contribution in [1.82, 2.24) is 5.32 Å². The summed E-state index contributed by atoms with van der Waals surface area (Å²) in [4.78, 5) is 12.3. The third kappa shape index (κ3) is 3.93. The lowest BCUT2D eigenvalue weighted by Crippen LogP contribution is -2.54. The van der Waals surface area contributed by atoms with Crippen molar-refractivity contribution in [2.45, 2.75) is 44.2 Å². The number of carbonyl (C=O) groups excluding carboxylic acids is 1. The Morgan fingerprint density at radius 2 is 1.83 bits per heavy atom. The number of halogens is 2. The fourth-order valence-corrected chi connectivity index (χ4v) is 4.52. The minimum atomic E-state index is -0.127. The highest BCUT2D eigenvalue weighted by molar-refractivity contribution is 6.37. The van der Waals surface area contributed by atoms with Gasteiger partial charge in [-0.25, -0.2) is 0 Å². The number of rotatable bonds is 4. The largest absolute Gasteiger partial charge is 0.481 e. The lowest BCUT2D eigenvalue weighted by molar-refractivity contribution is -0.125. The van der Waals surface area contributed by atoms with Gasteiger partial charge in [0.2, 0.25) is 0 Å². The highest BCUT2D eigenvalue weighted by Gasteiger charge is 2.39. The van der Waals surface area contributed by atoms with E-state index in [9.17, 15) is 4.79 Å². The Hall–Kier alpha value is -0.970. The van der Waals surface area contributed by atoms with Crippen LogP contribution in [0, 0.1) is 11.8 Å². The molecule has 23 heavy (non-hydrogen) atoms. The second kappa shape index (κ2) is 7.29. The molecule has 0 radical (unpaired) electrons. The van der Waals surface area contributed by atoms with Gasteiger partial charge in [0.1, 0.15) is 0 Å². The smallest absolute Gasteiger partial charge is 0.258 e. The Balaban J connectivity index is 1.57. The number of amides is 1. The van der Waals surface area contributed by atoms with Crippen molar-refractivity contribution in [2.75, 3.05) is 6.61 Å². The molecule has 0 heterocycles. The number of hydrogen-bond acceptors (Lipinski definition) is 3. The molecule has 2 aliphatic carbocycles. The van der Waals surface area contributed by atoms with Crippen LogP contribution in [0.3, 0.4) is 0 Å². The minimum Gasteiger partial charge on any atom is -0.481 e. The van der Waals surface area contributed by atoms with Crippen molar-refractivity contribution < 1.29 is 9.53 Å². The van der Waals surface area contributed by atoms with E-state index in [4.69, 9.17) is 33.7 Å². The second-order valence-corrected chi connectivity index (χ2v) is 7.43.